The average molecular weight is 453 g/mol. The van der Waals surface area contributed by atoms with Crippen molar-refractivity contribution in [3.05, 3.63) is 82.1 Å². The molecule has 1 amide bonds. The van der Waals surface area contributed by atoms with Gasteiger partial charge in [-0.1, -0.05) is 35.8 Å². The van der Waals surface area contributed by atoms with Crippen molar-refractivity contribution in [2.24, 2.45) is 0 Å². The second-order valence-electron chi connectivity index (χ2n) is 7.39. The minimum Gasteiger partial charge on any atom is -0.507 e. The molecule has 2 aromatic carbocycles. The summed E-state index contributed by atoms with van der Waals surface area (Å²) in [5.74, 6) is -0.620. The summed E-state index contributed by atoms with van der Waals surface area (Å²) in [7, 11) is 0. The second kappa shape index (κ2) is 8.88. The van der Waals surface area contributed by atoms with Crippen molar-refractivity contribution in [2.45, 2.75) is 26.3 Å². The van der Waals surface area contributed by atoms with Crippen molar-refractivity contribution >= 4 is 34.9 Å². The van der Waals surface area contributed by atoms with Gasteiger partial charge in [-0.15, -0.1) is 0 Å². The predicted octanol–water partition coefficient (Wildman–Crippen LogP) is 5.05. The molecular weight excluding hydrogens is 432 g/mol. The molecule has 1 fully saturated rings. The van der Waals surface area contributed by atoms with Crippen LogP contribution in [0.2, 0.25) is 5.02 Å². The summed E-state index contributed by atoms with van der Waals surface area (Å²) in [5.41, 5.74) is 0.886. The van der Waals surface area contributed by atoms with E-state index in [-0.39, 0.29) is 17.2 Å². The Bertz CT molecular complexity index is 1200. The number of Topliss-reactive ketones (excluding diaryl/α,β-unsaturated/α-hetero) is 1. The summed E-state index contributed by atoms with van der Waals surface area (Å²) in [4.78, 5) is 27.3. The Kier molecular flexibility index (Phi) is 6.01. The van der Waals surface area contributed by atoms with E-state index in [1.807, 2.05) is 6.92 Å². The number of hydrogen-bond acceptors (Lipinski definition) is 6. The third-order valence-electron chi connectivity index (χ3n) is 5.07. The molecule has 32 heavy (non-hydrogen) atoms. The Hall–Kier alpha value is -3.58. The zero-order valence-electron chi connectivity index (χ0n) is 17.5. The van der Waals surface area contributed by atoms with Crippen LogP contribution in [0.25, 0.3) is 5.76 Å². The fourth-order valence-corrected chi connectivity index (χ4v) is 3.81. The number of halogens is 1. The molecule has 164 valence electrons. The smallest absolute Gasteiger partial charge is 0.301 e. The first kappa shape index (κ1) is 21.6. The molecule has 1 aromatic heterocycles. The van der Waals surface area contributed by atoms with Crippen molar-refractivity contribution in [2.75, 3.05) is 11.5 Å². The summed E-state index contributed by atoms with van der Waals surface area (Å²) in [6.45, 7) is 4.26. The topological polar surface area (TPSA) is 92.9 Å². The van der Waals surface area contributed by atoms with Crippen molar-refractivity contribution < 1.29 is 24.0 Å². The quantitative estimate of drug-likeness (QED) is 0.319. The van der Waals surface area contributed by atoms with E-state index in [2.05, 4.69) is 5.16 Å². The van der Waals surface area contributed by atoms with E-state index >= 15 is 0 Å². The molecule has 7 nitrogen and oxygen atoms in total. The van der Waals surface area contributed by atoms with Gasteiger partial charge in [-0.25, -0.2) is 0 Å². The lowest BCUT2D eigenvalue weighted by Crippen LogP contribution is -2.29. The standard InChI is InChI=1S/C24H21ClN2O5/c1-3-11-31-18-9-7-15(8-10-18)22(28)20-21(16-5-4-6-17(25)13-16)27(24(30)23(20)29)19-12-14(2)32-26-19/h4-10,12-13,21,28H,3,11H2,1-2H3/t21-/m1/s1. The van der Waals surface area contributed by atoms with Crippen LogP contribution in [0.1, 0.15) is 36.3 Å². The lowest BCUT2D eigenvalue weighted by molar-refractivity contribution is -0.132. The summed E-state index contributed by atoms with van der Waals surface area (Å²) < 4.78 is 10.7. The van der Waals surface area contributed by atoms with Crippen LogP contribution in [0.3, 0.4) is 0 Å². The molecule has 0 saturated carbocycles. The highest BCUT2D eigenvalue weighted by Crippen LogP contribution is 2.42. The van der Waals surface area contributed by atoms with E-state index in [4.69, 9.17) is 20.9 Å². The first-order valence-electron chi connectivity index (χ1n) is 10.1. The Labute approximate surface area is 189 Å². The van der Waals surface area contributed by atoms with Crippen molar-refractivity contribution in [1.82, 2.24) is 5.16 Å². The van der Waals surface area contributed by atoms with Gasteiger partial charge in [0, 0.05) is 16.7 Å². The molecule has 1 aliphatic rings. The molecule has 1 atom stereocenters. The van der Waals surface area contributed by atoms with Crippen molar-refractivity contribution in [1.29, 1.82) is 0 Å². The molecule has 1 saturated heterocycles. The summed E-state index contributed by atoms with van der Waals surface area (Å²) >= 11 is 6.18. The number of rotatable bonds is 6. The van der Waals surface area contributed by atoms with E-state index in [0.29, 0.717) is 34.3 Å². The number of benzene rings is 2. The van der Waals surface area contributed by atoms with E-state index in [0.717, 1.165) is 6.42 Å². The van der Waals surface area contributed by atoms with Gasteiger partial charge >= 0.3 is 5.91 Å². The predicted molar refractivity (Wildman–Crippen MR) is 120 cm³/mol. The highest BCUT2D eigenvalue weighted by molar-refractivity contribution is 6.51. The Morgan fingerprint density at radius 1 is 1.19 bits per heavy atom. The molecule has 1 aliphatic heterocycles. The number of aryl methyl sites for hydroxylation is 1. The zero-order valence-corrected chi connectivity index (χ0v) is 18.3. The van der Waals surface area contributed by atoms with Gasteiger partial charge in [-0.3, -0.25) is 14.5 Å². The van der Waals surface area contributed by atoms with Crippen LogP contribution in [0, 0.1) is 6.92 Å². The molecule has 0 bridgehead atoms. The molecule has 2 heterocycles. The SMILES string of the molecule is CCCOc1ccc(C(O)=C2C(=O)C(=O)N(c3cc(C)on3)[C@@H]2c2cccc(Cl)c2)cc1. The number of ether oxygens (including phenoxy) is 1. The first-order valence-corrected chi connectivity index (χ1v) is 10.5. The molecular formula is C24H21ClN2O5. The Morgan fingerprint density at radius 3 is 2.56 bits per heavy atom. The fraction of sp³-hybridized carbons (Fsp3) is 0.208. The molecule has 0 spiro atoms. The van der Waals surface area contributed by atoms with Crippen LogP contribution < -0.4 is 9.64 Å². The normalized spacial score (nSPS) is 17.7. The first-order chi connectivity index (χ1) is 15.4. The molecule has 0 aliphatic carbocycles. The third-order valence-corrected chi connectivity index (χ3v) is 5.31. The molecule has 0 radical (unpaired) electrons. The van der Waals surface area contributed by atoms with E-state index in [1.165, 1.54) is 4.90 Å². The zero-order chi connectivity index (χ0) is 22.8. The van der Waals surface area contributed by atoms with Gasteiger partial charge in [0.25, 0.3) is 5.78 Å². The number of aromatic nitrogens is 1. The Morgan fingerprint density at radius 2 is 1.94 bits per heavy atom. The molecule has 1 N–H and O–H groups in total. The number of anilines is 1. The number of aliphatic hydroxyl groups is 1. The number of nitrogens with zero attached hydrogens (tertiary/aromatic N) is 2. The second-order valence-corrected chi connectivity index (χ2v) is 7.83. The van der Waals surface area contributed by atoms with Crippen LogP contribution >= 0.6 is 11.6 Å². The van der Waals surface area contributed by atoms with Gasteiger partial charge in [-0.05, 0) is 55.3 Å². The number of carbonyl (C=O) groups excluding carboxylic acids is 2. The Balaban J connectivity index is 1.84. The van der Waals surface area contributed by atoms with Gasteiger partial charge in [-0.2, -0.15) is 0 Å². The van der Waals surface area contributed by atoms with E-state index in [9.17, 15) is 14.7 Å². The summed E-state index contributed by atoms with van der Waals surface area (Å²) in [5, 5.41) is 15.5. The lowest BCUT2D eigenvalue weighted by atomic mass is 9.95. The maximum atomic E-state index is 13.1. The minimum atomic E-state index is -0.922. The van der Waals surface area contributed by atoms with Gasteiger partial charge in [0.2, 0.25) is 0 Å². The third kappa shape index (κ3) is 3.99. The highest BCUT2D eigenvalue weighted by atomic mass is 35.5. The fourth-order valence-electron chi connectivity index (χ4n) is 3.61. The van der Waals surface area contributed by atoms with Gasteiger partial charge < -0.3 is 14.4 Å². The van der Waals surface area contributed by atoms with Crippen LogP contribution in [0.15, 0.2) is 64.7 Å². The van der Waals surface area contributed by atoms with Crippen LogP contribution in [0.4, 0.5) is 5.82 Å². The summed E-state index contributed by atoms with van der Waals surface area (Å²) in [6, 6.07) is 14.1. The lowest BCUT2D eigenvalue weighted by Gasteiger charge is -2.23. The van der Waals surface area contributed by atoms with Crippen LogP contribution in [-0.4, -0.2) is 28.6 Å². The highest BCUT2D eigenvalue weighted by Gasteiger charge is 2.48. The minimum absolute atomic E-state index is 0.0554. The van der Waals surface area contributed by atoms with E-state index in [1.54, 1.807) is 61.5 Å². The van der Waals surface area contributed by atoms with Gasteiger partial charge in [0.15, 0.2) is 5.82 Å². The molecule has 0 unspecified atom stereocenters. The van der Waals surface area contributed by atoms with Crippen molar-refractivity contribution in [3.63, 3.8) is 0 Å². The maximum absolute atomic E-state index is 13.1. The average Bonchev–Trinajstić information content (AvgIpc) is 3.33. The molecule has 4 rings (SSSR count). The molecule has 3 aromatic rings. The van der Waals surface area contributed by atoms with E-state index < -0.39 is 17.7 Å². The molecule has 8 heteroatoms. The maximum Gasteiger partial charge on any atom is 0.301 e. The monoisotopic (exact) mass is 452 g/mol. The van der Waals surface area contributed by atoms with Gasteiger partial charge in [0.1, 0.15) is 17.3 Å². The van der Waals surface area contributed by atoms with Gasteiger partial charge in [0.05, 0.1) is 18.2 Å². The number of amides is 1. The van der Waals surface area contributed by atoms with Crippen molar-refractivity contribution in [3.8, 4) is 5.75 Å². The van der Waals surface area contributed by atoms with Crippen LogP contribution in [0.5, 0.6) is 5.75 Å². The number of carbonyl (C=O) groups is 2. The number of ketones is 1. The largest absolute Gasteiger partial charge is 0.507 e. The number of hydrogen-bond donors (Lipinski definition) is 1. The van der Waals surface area contributed by atoms with Crippen LogP contribution in [-0.2, 0) is 9.59 Å². The number of aliphatic hydroxyl groups excluding tert-OH is 1. The summed E-state index contributed by atoms with van der Waals surface area (Å²) in [6.07, 6.45) is 0.867.